The minimum atomic E-state index is -1.59. The molecule has 28 heteroatoms. The lowest BCUT2D eigenvalue weighted by Crippen LogP contribution is -2.54. The van der Waals surface area contributed by atoms with Crippen molar-refractivity contribution in [3.05, 3.63) is 201 Å². The highest BCUT2D eigenvalue weighted by Crippen LogP contribution is 2.33. The fourth-order valence-electron chi connectivity index (χ4n) is 12.5. The third-order valence-corrected chi connectivity index (χ3v) is 17.8. The smallest absolute Gasteiger partial charge is 0.323 e. The lowest BCUT2D eigenvalue weighted by Gasteiger charge is -2.26. The van der Waals surface area contributed by atoms with Crippen molar-refractivity contribution >= 4 is 71.1 Å². The van der Waals surface area contributed by atoms with Gasteiger partial charge in [0.25, 0.3) is 35.4 Å². The zero-order valence-electron chi connectivity index (χ0n) is 54.8. The van der Waals surface area contributed by atoms with Gasteiger partial charge in [0.15, 0.2) is 0 Å². The molecule has 0 saturated carbocycles. The molecule has 4 fully saturated rings. The number of nitrogens with one attached hydrogen (secondary N) is 8. The third-order valence-electron chi connectivity index (χ3n) is 17.8. The Bertz CT molecular complexity index is 4890. The van der Waals surface area contributed by atoms with Crippen molar-refractivity contribution in [3.8, 4) is 58.5 Å². The van der Waals surface area contributed by atoms with Crippen molar-refractivity contribution in [1.29, 1.82) is 0 Å². The summed E-state index contributed by atoms with van der Waals surface area (Å²) in [6.07, 6.45) is 5.20. The molecule has 0 radical (unpaired) electrons. The second kappa shape index (κ2) is 27.2. The van der Waals surface area contributed by atoms with Gasteiger partial charge in [0.2, 0.25) is 16.6 Å². The molecule has 0 aliphatic carbocycles. The van der Waals surface area contributed by atoms with E-state index in [0.29, 0.717) is 76.8 Å². The average Bonchev–Trinajstić information content (AvgIpc) is 1.64. The van der Waals surface area contributed by atoms with Crippen molar-refractivity contribution < 1.29 is 62.2 Å². The molecule has 28 nitrogen and oxygen atoms in total. The van der Waals surface area contributed by atoms with Gasteiger partial charge in [-0.2, -0.15) is 0 Å². The third kappa shape index (κ3) is 13.5. The molecular weight excluding hydrogens is 1290 g/mol. The van der Waals surface area contributed by atoms with Crippen LogP contribution in [0.25, 0.3) is 5.69 Å². The van der Waals surface area contributed by atoms with E-state index in [-0.39, 0.29) is 49.9 Å². The summed E-state index contributed by atoms with van der Waals surface area (Å²) >= 11 is 0. The van der Waals surface area contributed by atoms with Crippen LogP contribution in [0.3, 0.4) is 0 Å². The number of hydrogen-bond donors (Lipinski definition) is 8. The molecule has 8 aliphatic heterocycles. The SMILES string of the molecule is COc1ccc2c(c1)C(=O)N(C[C@@]1(C#Cc3ccc(-n4ccnc4)cc3)NC(=O)NC1=O)C2.COc1ccc2c(c1)C(=O)N(C[C@@]1(C#Cc3ccc(C4=NCCN4)c(C)c3)NC(=O)NC1=O)C2.COc1ccc2c(c1)C(=O)N(C[C@@]1(C#Cc3ccc(N4CCNC4=O)cc3)NC(=O)NC1=O)C2. The second-order valence-corrected chi connectivity index (χ2v) is 24.4. The van der Waals surface area contributed by atoms with E-state index in [9.17, 15) is 47.9 Å². The highest BCUT2D eigenvalue weighted by molar-refractivity contribution is 6.12. The predicted octanol–water partition coefficient (Wildman–Crippen LogP) is 3.22. The molecule has 9 heterocycles. The van der Waals surface area contributed by atoms with Gasteiger partial charge in [0.05, 0.1) is 53.8 Å². The van der Waals surface area contributed by atoms with Gasteiger partial charge < -0.3 is 60.1 Å². The van der Waals surface area contributed by atoms with Gasteiger partial charge in [0, 0.05) is 102 Å². The van der Waals surface area contributed by atoms with Gasteiger partial charge in [-0.1, -0.05) is 53.7 Å². The Kier molecular flexibility index (Phi) is 17.9. The Hall–Kier alpha value is -13.4. The zero-order valence-corrected chi connectivity index (χ0v) is 54.8. The number of carbonyl (C=O) groups is 10. The highest BCUT2D eigenvalue weighted by atomic mass is 16.5. The molecule has 508 valence electrons. The number of aliphatic imine (C=N–C) groups is 1. The quantitative estimate of drug-likeness (QED) is 0.0643. The van der Waals surface area contributed by atoms with Gasteiger partial charge in [-0.3, -0.25) is 54.6 Å². The molecule has 8 N–H and O–H groups in total. The number of imidazole rings is 1. The van der Waals surface area contributed by atoms with Gasteiger partial charge in [-0.25, -0.2) is 24.2 Å². The molecule has 4 saturated heterocycles. The van der Waals surface area contributed by atoms with Gasteiger partial charge in [-0.15, -0.1) is 0 Å². The Morgan fingerprint density at radius 1 is 0.475 bits per heavy atom. The number of benzene rings is 6. The maximum Gasteiger partial charge on any atom is 0.323 e. The van der Waals surface area contributed by atoms with Crippen LogP contribution in [0, 0.1) is 42.4 Å². The summed E-state index contributed by atoms with van der Waals surface area (Å²) in [6.45, 7) is 5.34. The minimum absolute atomic E-state index is 0.0782. The molecule has 1 aromatic heterocycles. The number of aromatic nitrogens is 2. The summed E-state index contributed by atoms with van der Waals surface area (Å²) in [4.78, 5) is 140. The molecule has 0 spiro atoms. The van der Waals surface area contributed by atoms with Crippen molar-refractivity contribution in [1.82, 2.24) is 66.8 Å². The van der Waals surface area contributed by atoms with Crippen molar-refractivity contribution in [3.63, 3.8) is 0 Å². The first kappa shape index (κ1) is 66.2. The fraction of sp³-hybridized carbons (Fsp3) is 0.233. The van der Waals surface area contributed by atoms with E-state index in [2.05, 4.69) is 88.0 Å². The van der Waals surface area contributed by atoms with Gasteiger partial charge in [-0.05, 0) is 132 Å². The standard InChI is InChI=1S/C25H23N5O4.C24H21N5O5.C24H19N5O4/c1-15-11-16(3-6-19(15)21-26-9-10-27-21)7-8-25(23(32)28-24(33)29-25)14-30-13-17-4-5-18(34-2)12-20(17)22(30)31;1-34-18-7-4-16-13-28(20(30)19(16)12-18)14-24(21(31)26-22(32)27-24)9-8-15-2-5-17(6-3-15)29-11-10-25-23(29)33;1-33-19-7-4-17-13-29(21(30)20(17)12-19)14-24(22(31)26-23(32)27-24)9-8-16-2-5-18(6-3-16)28-11-10-25-15-28/h3-6,11-12H,9-10,13-14H2,1-2H3,(H,26,27)(H2,28,29,32,33);2-7,12H,10-11,13-14H2,1H3,(H,25,33)(H2,26,27,31,32);2-7,10-12,15H,13-14H2,1H3,(H2,26,27,31,32)/t25-;2*24-/m111/s1. The van der Waals surface area contributed by atoms with Crippen LogP contribution in [-0.2, 0) is 34.0 Å². The normalized spacial score (nSPS) is 20.2. The summed E-state index contributed by atoms with van der Waals surface area (Å²) in [7, 11) is 4.59. The molecule has 0 unspecified atom stereocenters. The summed E-state index contributed by atoms with van der Waals surface area (Å²) < 4.78 is 17.5. The Balaban J connectivity index is 0.000000135. The lowest BCUT2D eigenvalue weighted by atomic mass is 9.98. The van der Waals surface area contributed by atoms with E-state index in [1.165, 1.54) is 36.0 Å². The molecule has 15 rings (SSSR count). The molecule has 8 aliphatic rings. The highest BCUT2D eigenvalue weighted by Gasteiger charge is 2.51. The van der Waals surface area contributed by atoms with Gasteiger partial charge >= 0.3 is 24.1 Å². The Morgan fingerprint density at radius 3 is 1.26 bits per heavy atom. The molecule has 6 aromatic carbocycles. The number of fused-ring (bicyclic) bond motifs is 3. The largest absolute Gasteiger partial charge is 0.497 e. The van der Waals surface area contributed by atoms with Crippen LogP contribution >= 0.6 is 0 Å². The maximum absolute atomic E-state index is 13.0. The summed E-state index contributed by atoms with van der Waals surface area (Å²) in [5.74, 6) is 17.7. The Labute approximate surface area is 577 Å². The number of methoxy groups -OCH3 is 3. The van der Waals surface area contributed by atoms with E-state index < -0.39 is 52.4 Å². The lowest BCUT2D eigenvalue weighted by molar-refractivity contribution is -0.123. The summed E-state index contributed by atoms with van der Waals surface area (Å²) in [6, 6.07) is 33.8. The molecule has 0 bridgehead atoms. The van der Waals surface area contributed by atoms with Crippen LogP contribution in [0.2, 0.25) is 0 Å². The van der Waals surface area contributed by atoms with Crippen LogP contribution in [-0.4, -0.2) is 173 Å². The van der Waals surface area contributed by atoms with E-state index in [1.807, 2.05) is 72.3 Å². The number of anilines is 1. The molecule has 14 amide bonds. The molecular formula is C73H63N15O13. The monoisotopic (exact) mass is 1360 g/mol. The summed E-state index contributed by atoms with van der Waals surface area (Å²) in [5, 5.41) is 20.6. The van der Waals surface area contributed by atoms with Crippen LogP contribution in [0.15, 0.2) is 145 Å². The van der Waals surface area contributed by atoms with Crippen molar-refractivity contribution in [2.75, 3.05) is 72.0 Å². The van der Waals surface area contributed by atoms with E-state index >= 15 is 0 Å². The number of nitrogens with zero attached hydrogens (tertiary/aromatic N) is 7. The number of hydrogen-bond acceptors (Lipinski definition) is 16. The van der Waals surface area contributed by atoms with E-state index in [4.69, 9.17) is 14.2 Å². The average molecular weight is 1360 g/mol. The van der Waals surface area contributed by atoms with E-state index in [0.717, 1.165) is 58.1 Å². The Morgan fingerprint density at radius 2 is 0.901 bits per heavy atom. The molecule has 3 atom stereocenters. The number of aryl methyl sites for hydroxylation is 1. The van der Waals surface area contributed by atoms with Crippen LogP contribution < -0.4 is 61.6 Å². The van der Waals surface area contributed by atoms with Crippen LogP contribution in [0.5, 0.6) is 17.2 Å². The number of carbonyl (C=O) groups excluding carboxylic acids is 10. The number of amidine groups is 1. The first-order valence-corrected chi connectivity index (χ1v) is 31.8. The predicted molar refractivity (Wildman–Crippen MR) is 363 cm³/mol. The van der Waals surface area contributed by atoms with Gasteiger partial charge in [0.1, 0.15) is 23.1 Å². The summed E-state index contributed by atoms with van der Waals surface area (Å²) in [5.41, 5.74) is 4.86. The molecule has 7 aromatic rings. The topological polar surface area (TPSA) is 338 Å². The molecule has 101 heavy (non-hydrogen) atoms. The van der Waals surface area contributed by atoms with Crippen molar-refractivity contribution in [2.24, 2.45) is 4.99 Å². The van der Waals surface area contributed by atoms with E-state index in [1.54, 1.807) is 84.2 Å². The maximum atomic E-state index is 13.0. The fourth-order valence-corrected chi connectivity index (χ4v) is 12.5. The van der Waals surface area contributed by atoms with Crippen LogP contribution in [0.4, 0.5) is 24.9 Å². The number of urea groups is 4. The number of rotatable bonds is 12. The van der Waals surface area contributed by atoms with Crippen LogP contribution in [0.1, 0.15) is 75.6 Å². The number of amides is 14. The first-order valence-electron chi connectivity index (χ1n) is 31.8. The number of imide groups is 3. The second-order valence-electron chi connectivity index (χ2n) is 24.4. The minimum Gasteiger partial charge on any atom is -0.497 e. The zero-order chi connectivity index (χ0) is 70.7. The number of ether oxygens (including phenoxy) is 3. The first-order chi connectivity index (χ1) is 48.7. The van der Waals surface area contributed by atoms with Crippen molar-refractivity contribution in [2.45, 2.75) is 43.2 Å².